The van der Waals surface area contributed by atoms with Crippen molar-refractivity contribution < 1.29 is 9.59 Å². The third-order valence-electron chi connectivity index (χ3n) is 4.00. The Bertz CT molecular complexity index is 777. The Labute approximate surface area is 174 Å². The van der Waals surface area contributed by atoms with Crippen LogP contribution in [0.4, 0.5) is 10.8 Å². The molecular formula is C19H27N5O2S2. The van der Waals surface area contributed by atoms with E-state index in [-0.39, 0.29) is 24.1 Å². The smallest absolute Gasteiger partial charge is 0.239 e. The van der Waals surface area contributed by atoms with Gasteiger partial charge < -0.3 is 15.5 Å². The first-order valence-corrected chi connectivity index (χ1v) is 11.1. The zero-order valence-electron chi connectivity index (χ0n) is 16.7. The highest BCUT2D eigenvalue weighted by atomic mass is 32.2. The third kappa shape index (κ3) is 6.79. The number of hydrogen-bond donors (Lipinski definition) is 2. The number of carbonyl (C=O) groups excluding carboxylic acids is 2. The van der Waals surface area contributed by atoms with Gasteiger partial charge in [0.25, 0.3) is 0 Å². The van der Waals surface area contributed by atoms with Crippen molar-refractivity contribution in [1.29, 1.82) is 0 Å². The van der Waals surface area contributed by atoms with E-state index in [1.165, 1.54) is 33.6 Å². The predicted molar refractivity (Wildman–Crippen MR) is 115 cm³/mol. The molecule has 0 atom stereocenters. The van der Waals surface area contributed by atoms with E-state index in [1.807, 2.05) is 26.0 Å². The number of carbonyl (C=O) groups is 2. The molecular weight excluding hydrogens is 394 g/mol. The molecule has 1 aromatic carbocycles. The molecule has 1 heterocycles. The molecule has 9 heteroatoms. The Kier molecular flexibility index (Phi) is 8.72. The second-order valence-corrected chi connectivity index (χ2v) is 8.62. The lowest BCUT2D eigenvalue weighted by atomic mass is 10.0. The topological polar surface area (TPSA) is 87.2 Å². The molecule has 7 nitrogen and oxygen atoms in total. The molecule has 0 bridgehead atoms. The van der Waals surface area contributed by atoms with Crippen molar-refractivity contribution in [2.24, 2.45) is 0 Å². The molecule has 0 fully saturated rings. The minimum Gasteiger partial charge on any atom is -0.355 e. The van der Waals surface area contributed by atoms with Gasteiger partial charge in [0.1, 0.15) is 0 Å². The molecule has 2 rings (SSSR count). The quantitative estimate of drug-likeness (QED) is 0.571. The fraction of sp³-hybridized carbons (Fsp3) is 0.474. The van der Waals surface area contributed by atoms with E-state index in [4.69, 9.17) is 0 Å². The van der Waals surface area contributed by atoms with Crippen LogP contribution in [0.25, 0.3) is 0 Å². The molecule has 0 saturated heterocycles. The van der Waals surface area contributed by atoms with Crippen molar-refractivity contribution in [3.63, 3.8) is 0 Å². The van der Waals surface area contributed by atoms with Gasteiger partial charge in [-0.05, 0) is 37.5 Å². The molecule has 28 heavy (non-hydrogen) atoms. The van der Waals surface area contributed by atoms with Gasteiger partial charge in [-0.3, -0.25) is 9.59 Å². The number of nitrogens with one attached hydrogen (secondary N) is 2. The fourth-order valence-corrected chi connectivity index (χ4v) is 4.09. The standard InChI is InChI=1S/C19H27N5O2S2/c1-5-20-16(25)11-24(6-2)17(26)12-27-19-23-22-18(28-19)21-15-9-7-14(8-10-15)13(3)4/h7-10,13H,5-6,11-12H2,1-4H3,(H,20,25)(H,21,22). The van der Waals surface area contributed by atoms with Crippen LogP contribution >= 0.6 is 23.1 Å². The Morgan fingerprint density at radius 2 is 1.89 bits per heavy atom. The van der Waals surface area contributed by atoms with E-state index in [0.717, 1.165) is 5.69 Å². The van der Waals surface area contributed by atoms with Gasteiger partial charge in [-0.25, -0.2) is 0 Å². The second-order valence-electron chi connectivity index (χ2n) is 6.42. The molecule has 0 radical (unpaired) electrons. The summed E-state index contributed by atoms with van der Waals surface area (Å²) in [5, 5.41) is 14.9. The molecule has 1 aromatic heterocycles. The van der Waals surface area contributed by atoms with Crippen molar-refractivity contribution in [2.75, 3.05) is 30.7 Å². The predicted octanol–water partition coefficient (Wildman–Crippen LogP) is 3.48. The molecule has 0 saturated carbocycles. The molecule has 2 aromatic rings. The van der Waals surface area contributed by atoms with Crippen LogP contribution in [0.15, 0.2) is 28.6 Å². The molecule has 152 valence electrons. The Morgan fingerprint density at radius 3 is 2.50 bits per heavy atom. The summed E-state index contributed by atoms with van der Waals surface area (Å²) in [7, 11) is 0. The summed E-state index contributed by atoms with van der Waals surface area (Å²) in [6.07, 6.45) is 0. The summed E-state index contributed by atoms with van der Waals surface area (Å²) in [5.41, 5.74) is 2.23. The Morgan fingerprint density at radius 1 is 1.18 bits per heavy atom. The first-order chi connectivity index (χ1) is 13.4. The van der Waals surface area contributed by atoms with Gasteiger partial charge in [0, 0.05) is 18.8 Å². The summed E-state index contributed by atoms with van der Waals surface area (Å²) in [4.78, 5) is 25.6. The number of benzene rings is 1. The van der Waals surface area contributed by atoms with E-state index in [0.29, 0.717) is 28.5 Å². The van der Waals surface area contributed by atoms with Crippen LogP contribution < -0.4 is 10.6 Å². The summed E-state index contributed by atoms with van der Waals surface area (Å²) in [6.45, 7) is 9.16. The maximum atomic E-state index is 12.3. The average Bonchev–Trinajstić information content (AvgIpc) is 3.12. The highest BCUT2D eigenvalue weighted by Gasteiger charge is 2.16. The lowest BCUT2D eigenvalue weighted by molar-refractivity contribution is -0.133. The number of hydrogen-bond acceptors (Lipinski definition) is 7. The van der Waals surface area contributed by atoms with Crippen molar-refractivity contribution >= 4 is 45.7 Å². The number of nitrogens with zero attached hydrogens (tertiary/aromatic N) is 3. The van der Waals surface area contributed by atoms with Crippen molar-refractivity contribution in [1.82, 2.24) is 20.4 Å². The fourth-order valence-electron chi connectivity index (χ4n) is 2.41. The van der Waals surface area contributed by atoms with Crippen LogP contribution in [0, 0.1) is 0 Å². The van der Waals surface area contributed by atoms with Crippen LogP contribution in [-0.4, -0.2) is 52.3 Å². The second kappa shape index (κ2) is 11.0. The van der Waals surface area contributed by atoms with E-state index in [9.17, 15) is 9.59 Å². The molecule has 0 spiro atoms. The van der Waals surface area contributed by atoms with Gasteiger partial charge in [-0.15, -0.1) is 10.2 Å². The molecule has 2 N–H and O–H groups in total. The monoisotopic (exact) mass is 421 g/mol. The normalized spacial score (nSPS) is 10.8. The highest BCUT2D eigenvalue weighted by Crippen LogP contribution is 2.28. The van der Waals surface area contributed by atoms with Crippen molar-refractivity contribution in [3.8, 4) is 0 Å². The minimum absolute atomic E-state index is 0.0824. The minimum atomic E-state index is -0.145. The lowest BCUT2D eigenvalue weighted by Gasteiger charge is -2.19. The molecule has 0 aliphatic carbocycles. The van der Waals surface area contributed by atoms with E-state index < -0.39 is 0 Å². The van der Waals surface area contributed by atoms with Gasteiger partial charge in [0.05, 0.1) is 12.3 Å². The molecule has 2 amide bonds. The zero-order chi connectivity index (χ0) is 20.5. The lowest BCUT2D eigenvalue weighted by Crippen LogP contribution is -2.41. The van der Waals surface area contributed by atoms with Crippen molar-refractivity contribution in [2.45, 2.75) is 38.0 Å². The van der Waals surface area contributed by atoms with Crippen LogP contribution in [-0.2, 0) is 9.59 Å². The zero-order valence-corrected chi connectivity index (χ0v) is 18.3. The summed E-state index contributed by atoms with van der Waals surface area (Å²) >= 11 is 2.73. The molecule has 0 aliphatic rings. The third-order valence-corrected chi connectivity index (χ3v) is 5.95. The van der Waals surface area contributed by atoms with E-state index >= 15 is 0 Å². The number of thioether (sulfide) groups is 1. The van der Waals surface area contributed by atoms with E-state index in [2.05, 4.69) is 46.8 Å². The molecule has 0 unspecified atom stereocenters. The van der Waals surface area contributed by atoms with Gasteiger partial charge in [0.2, 0.25) is 16.9 Å². The van der Waals surface area contributed by atoms with Gasteiger partial charge >= 0.3 is 0 Å². The molecule has 0 aliphatic heterocycles. The first-order valence-electron chi connectivity index (χ1n) is 9.30. The van der Waals surface area contributed by atoms with Gasteiger partial charge in [-0.2, -0.15) is 0 Å². The Balaban J connectivity index is 1.86. The summed E-state index contributed by atoms with van der Waals surface area (Å²) in [5.74, 6) is 0.485. The van der Waals surface area contributed by atoms with Crippen LogP contribution in [0.3, 0.4) is 0 Å². The number of amides is 2. The van der Waals surface area contributed by atoms with Gasteiger partial charge in [0.15, 0.2) is 4.34 Å². The van der Waals surface area contributed by atoms with E-state index in [1.54, 1.807) is 0 Å². The summed E-state index contributed by atoms with van der Waals surface area (Å²) in [6, 6.07) is 8.23. The number of anilines is 2. The summed E-state index contributed by atoms with van der Waals surface area (Å²) < 4.78 is 0.712. The number of rotatable bonds is 10. The maximum Gasteiger partial charge on any atom is 0.239 e. The number of aromatic nitrogens is 2. The van der Waals surface area contributed by atoms with Gasteiger partial charge in [-0.1, -0.05) is 49.1 Å². The number of likely N-dealkylation sites (N-methyl/N-ethyl adjacent to an activating group) is 2. The van der Waals surface area contributed by atoms with Crippen LogP contribution in [0.5, 0.6) is 0 Å². The first kappa shape index (κ1) is 22.2. The average molecular weight is 422 g/mol. The SMILES string of the molecule is CCNC(=O)CN(CC)C(=O)CSc1nnc(Nc2ccc(C(C)C)cc2)s1. The largest absolute Gasteiger partial charge is 0.355 e. The Hall–Kier alpha value is -2.13. The van der Waals surface area contributed by atoms with Crippen LogP contribution in [0.1, 0.15) is 39.2 Å². The van der Waals surface area contributed by atoms with Crippen LogP contribution in [0.2, 0.25) is 0 Å². The highest BCUT2D eigenvalue weighted by molar-refractivity contribution is 8.01. The van der Waals surface area contributed by atoms with Crippen molar-refractivity contribution in [3.05, 3.63) is 29.8 Å². The maximum absolute atomic E-state index is 12.3.